The van der Waals surface area contributed by atoms with Crippen LogP contribution in [0.5, 0.6) is 0 Å². The number of carbonyl (C=O) groups excluding carboxylic acids is 2. The average molecular weight is 372 g/mol. The van der Waals surface area contributed by atoms with Crippen LogP contribution in [-0.2, 0) is 6.42 Å². The Hall–Kier alpha value is -2.67. The summed E-state index contributed by atoms with van der Waals surface area (Å²) in [5, 5.41) is 8.97. The van der Waals surface area contributed by atoms with Gasteiger partial charge in [0.25, 0.3) is 11.8 Å². The number of nitrogens with zero attached hydrogens (tertiary/aromatic N) is 2. The molecular formula is C19H20N2O4S. The zero-order valence-corrected chi connectivity index (χ0v) is 15.3. The first-order chi connectivity index (χ1) is 12.5. The van der Waals surface area contributed by atoms with Gasteiger partial charge in [-0.1, -0.05) is 19.1 Å². The zero-order valence-electron chi connectivity index (χ0n) is 14.5. The first-order valence-electron chi connectivity index (χ1n) is 8.50. The summed E-state index contributed by atoms with van der Waals surface area (Å²) in [6.07, 6.45) is 0.932. The van der Waals surface area contributed by atoms with Crippen molar-refractivity contribution in [2.45, 2.75) is 13.3 Å². The lowest BCUT2D eigenvalue weighted by atomic mass is 10.1. The maximum absolute atomic E-state index is 12.6. The lowest BCUT2D eigenvalue weighted by Gasteiger charge is -2.34. The van der Waals surface area contributed by atoms with Crippen molar-refractivity contribution in [2.24, 2.45) is 0 Å². The Morgan fingerprint density at radius 2 is 1.42 bits per heavy atom. The number of carboxylic acids is 1. The van der Waals surface area contributed by atoms with Gasteiger partial charge in [0.15, 0.2) is 0 Å². The molecule has 0 atom stereocenters. The average Bonchev–Trinajstić information content (AvgIpc) is 3.17. The van der Waals surface area contributed by atoms with Gasteiger partial charge in [-0.3, -0.25) is 9.59 Å². The monoisotopic (exact) mass is 372 g/mol. The van der Waals surface area contributed by atoms with Gasteiger partial charge in [0.1, 0.15) is 4.88 Å². The van der Waals surface area contributed by atoms with Crippen LogP contribution in [0.3, 0.4) is 0 Å². The summed E-state index contributed by atoms with van der Waals surface area (Å²) >= 11 is 0.979. The second kappa shape index (κ2) is 7.70. The number of hydrogen-bond acceptors (Lipinski definition) is 4. The standard InChI is InChI=1S/C19H20N2O4S/c1-2-13-3-5-14(6-4-13)17(22)20-9-11-21(12-10-20)18(23)15-7-8-16(26-15)19(24)25/h3-8H,2,9-12H2,1H3,(H,24,25). The van der Waals surface area contributed by atoms with E-state index in [4.69, 9.17) is 5.11 Å². The number of carbonyl (C=O) groups is 3. The Balaban J connectivity index is 1.60. The number of carboxylic acid groups (broad SMARTS) is 1. The fraction of sp³-hybridized carbons (Fsp3) is 0.316. The van der Waals surface area contributed by atoms with Crippen molar-refractivity contribution in [1.29, 1.82) is 0 Å². The molecule has 1 aliphatic heterocycles. The van der Waals surface area contributed by atoms with Crippen LogP contribution < -0.4 is 0 Å². The Morgan fingerprint density at radius 1 is 0.885 bits per heavy atom. The van der Waals surface area contributed by atoms with Crippen LogP contribution >= 0.6 is 11.3 Å². The second-order valence-electron chi connectivity index (χ2n) is 6.10. The minimum absolute atomic E-state index is 0.0240. The van der Waals surface area contributed by atoms with Crippen LogP contribution in [0.15, 0.2) is 36.4 Å². The lowest BCUT2D eigenvalue weighted by molar-refractivity contribution is 0.0538. The molecule has 2 amide bonds. The number of amides is 2. The highest BCUT2D eigenvalue weighted by Crippen LogP contribution is 2.20. The van der Waals surface area contributed by atoms with Crippen LogP contribution in [-0.4, -0.2) is 58.9 Å². The van der Waals surface area contributed by atoms with Crippen molar-refractivity contribution in [2.75, 3.05) is 26.2 Å². The molecule has 1 N–H and O–H groups in total. The molecule has 1 aromatic heterocycles. The molecule has 136 valence electrons. The van der Waals surface area contributed by atoms with E-state index in [9.17, 15) is 14.4 Å². The van der Waals surface area contributed by atoms with E-state index in [-0.39, 0.29) is 16.7 Å². The molecule has 6 nitrogen and oxygen atoms in total. The molecular weight excluding hydrogens is 352 g/mol. The lowest BCUT2D eigenvalue weighted by Crippen LogP contribution is -2.50. The van der Waals surface area contributed by atoms with Gasteiger partial charge in [0, 0.05) is 31.7 Å². The van der Waals surface area contributed by atoms with Gasteiger partial charge < -0.3 is 14.9 Å². The summed E-state index contributed by atoms with van der Waals surface area (Å²) in [7, 11) is 0. The number of rotatable bonds is 4. The molecule has 1 fully saturated rings. The quantitative estimate of drug-likeness (QED) is 0.895. The molecule has 7 heteroatoms. The first-order valence-corrected chi connectivity index (χ1v) is 9.32. The van der Waals surface area contributed by atoms with E-state index in [0.29, 0.717) is 36.6 Å². The second-order valence-corrected chi connectivity index (χ2v) is 7.19. The molecule has 2 aromatic rings. The summed E-state index contributed by atoms with van der Waals surface area (Å²) in [4.78, 5) is 40.0. The van der Waals surface area contributed by atoms with Gasteiger partial charge in [0.2, 0.25) is 0 Å². The molecule has 0 saturated carbocycles. The van der Waals surface area contributed by atoms with Crippen molar-refractivity contribution >= 4 is 29.1 Å². The fourth-order valence-corrected chi connectivity index (χ4v) is 3.71. The van der Waals surface area contributed by atoms with Crippen molar-refractivity contribution in [1.82, 2.24) is 9.80 Å². The van der Waals surface area contributed by atoms with E-state index >= 15 is 0 Å². The van der Waals surface area contributed by atoms with Gasteiger partial charge in [-0.2, -0.15) is 0 Å². The third-order valence-corrected chi connectivity index (χ3v) is 5.55. The van der Waals surface area contributed by atoms with Crippen LogP contribution in [0.25, 0.3) is 0 Å². The minimum Gasteiger partial charge on any atom is -0.477 e. The van der Waals surface area contributed by atoms with Crippen molar-refractivity contribution in [3.63, 3.8) is 0 Å². The van der Waals surface area contributed by atoms with Gasteiger partial charge in [-0.25, -0.2) is 4.79 Å². The summed E-state index contributed by atoms with van der Waals surface area (Å²) in [5.74, 6) is -1.23. The van der Waals surface area contributed by atoms with Crippen molar-refractivity contribution in [3.8, 4) is 0 Å². The van der Waals surface area contributed by atoms with E-state index in [1.54, 1.807) is 15.9 Å². The topological polar surface area (TPSA) is 77.9 Å². The number of piperazine rings is 1. The summed E-state index contributed by atoms with van der Waals surface area (Å²) in [5.41, 5.74) is 1.85. The molecule has 0 spiro atoms. The van der Waals surface area contributed by atoms with Crippen LogP contribution in [0.4, 0.5) is 0 Å². The number of benzene rings is 1. The summed E-state index contributed by atoms with van der Waals surface area (Å²) in [6, 6.07) is 10.6. The molecule has 0 aliphatic carbocycles. The van der Waals surface area contributed by atoms with Gasteiger partial charge in [-0.15, -0.1) is 11.3 Å². The molecule has 0 radical (unpaired) electrons. The van der Waals surface area contributed by atoms with Crippen molar-refractivity contribution < 1.29 is 19.5 Å². The molecule has 1 aromatic carbocycles. The number of hydrogen-bond donors (Lipinski definition) is 1. The number of aromatic carboxylic acids is 1. The Labute approximate surface area is 155 Å². The highest BCUT2D eigenvalue weighted by atomic mass is 32.1. The maximum Gasteiger partial charge on any atom is 0.345 e. The predicted molar refractivity (Wildman–Crippen MR) is 98.9 cm³/mol. The van der Waals surface area contributed by atoms with Gasteiger partial charge >= 0.3 is 5.97 Å². The molecule has 0 unspecified atom stereocenters. The smallest absolute Gasteiger partial charge is 0.345 e. The van der Waals surface area contributed by atoms with E-state index in [0.717, 1.165) is 17.8 Å². The Morgan fingerprint density at radius 3 is 1.92 bits per heavy atom. The normalized spacial score (nSPS) is 14.3. The molecule has 1 aliphatic rings. The Bertz CT molecular complexity index is 820. The largest absolute Gasteiger partial charge is 0.477 e. The third kappa shape index (κ3) is 3.77. The summed E-state index contributed by atoms with van der Waals surface area (Å²) < 4.78 is 0. The van der Waals surface area contributed by atoms with Gasteiger partial charge in [0.05, 0.1) is 4.88 Å². The number of aryl methyl sites for hydroxylation is 1. The zero-order chi connectivity index (χ0) is 18.7. The van der Waals surface area contributed by atoms with E-state index in [1.807, 2.05) is 24.3 Å². The van der Waals surface area contributed by atoms with Crippen LogP contribution in [0, 0.1) is 0 Å². The maximum atomic E-state index is 12.6. The third-order valence-electron chi connectivity index (χ3n) is 4.49. The minimum atomic E-state index is -1.03. The van der Waals surface area contributed by atoms with Crippen LogP contribution in [0.2, 0.25) is 0 Å². The highest BCUT2D eigenvalue weighted by Gasteiger charge is 2.26. The van der Waals surface area contributed by atoms with E-state index in [1.165, 1.54) is 11.6 Å². The van der Waals surface area contributed by atoms with E-state index < -0.39 is 5.97 Å². The van der Waals surface area contributed by atoms with E-state index in [2.05, 4.69) is 6.92 Å². The van der Waals surface area contributed by atoms with Crippen molar-refractivity contribution in [3.05, 3.63) is 57.3 Å². The molecule has 0 bridgehead atoms. The van der Waals surface area contributed by atoms with Gasteiger partial charge in [-0.05, 0) is 36.2 Å². The first kappa shape index (κ1) is 18.1. The molecule has 1 saturated heterocycles. The molecule has 26 heavy (non-hydrogen) atoms. The fourth-order valence-electron chi connectivity index (χ4n) is 2.90. The summed E-state index contributed by atoms with van der Waals surface area (Å²) in [6.45, 7) is 3.89. The molecule has 2 heterocycles. The van der Waals surface area contributed by atoms with Crippen LogP contribution in [0.1, 0.15) is 42.2 Å². The Kier molecular flexibility index (Phi) is 5.37. The molecule has 3 rings (SSSR count). The SMILES string of the molecule is CCc1ccc(C(=O)N2CCN(C(=O)c3ccc(C(=O)O)s3)CC2)cc1. The number of thiophene rings is 1. The predicted octanol–water partition coefficient (Wildman–Crippen LogP) is 2.61. The highest BCUT2D eigenvalue weighted by molar-refractivity contribution is 7.15.